The lowest BCUT2D eigenvalue weighted by atomic mass is 10.1. The van der Waals surface area contributed by atoms with Crippen LogP contribution in [-0.2, 0) is 11.8 Å². The molecule has 19 heavy (non-hydrogen) atoms. The molecule has 1 aliphatic heterocycles. The Labute approximate surface area is 114 Å². The maximum absolute atomic E-state index is 12.2. The van der Waals surface area contributed by atoms with E-state index in [4.69, 9.17) is 0 Å². The average Bonchev–Trinajstić information content (AvgIpc) is 2.85. The molecule has 106 valence electrons. The van der Waals surface area contributed by atoms with Gasteiger partial charge in [0.2, 0.25) is 5.91 Å². The normalized spacial score (nSPS) is 17.6. The van der Waals surface area contributed by atoms with E-state index in [0.29, 0.717) is 0 Å². The van der Waals surface area contributed by atoms with Crippen LogP contribution in [0.3, 0.4) is 0 Å². The Kier molecular flexibility index (Phi) is 4.42. The number of carbonyl (C=O) groups is 1. The molecule has 1 unspecified atom stereocenters. The van der Waals surface area contributed by atoms with Crippen LogP contribution in [0, 0.1) is 5.92 Å². The van der Waals surface area contributed by atoms with Crippen molar-refractivity contribution in [2.24, 2.45) is 13.0 Å². The van der Waals surface area contributed by atoms with Gasteiger partial charge in [0.1, 0.15) is 0 Å². The molecule has 2 heterocycles. The summed E-state index contributed by atoms with van der Waals surface area (Å²) in [6, 6.07) is 0. The van der Waals surface area contributed by atoms with Crippen molar-refractivity contribution in [1.82, 2.24) is 20.0 Å². The van der Waals surface area contributed by atoms with Gasteiger partial charge >= 0.3 is 0 Å². The second-order valence-electron chi connectivity index (χ2n) is 5.14. The number of piperazine rings is 1. The van der Waals surface area contributed by atoms with Gasteiger partial charge in [0.15, 0.2) is 0 Å². The van der Waals surface area contributed by atoms with Gasteiger partial charge in [-0.15, -0.1) is 0 Å². The third-order valence-electron chi connectivity index (χ3n) is 3.58. The Bertz CT molecular complexity index is 422. The fourth-order valence-corrected chi connectivity index (χ4v) is 2.46. The molecule has 6 nitrogen and oxygen atoms in total. The van der Waals surface area contributed by atoms with Crippen LogP contribution in [-0.4, -0.2) is 60.4 Å². The molecule has 1 aliphatic rings. The van der Waals surface area contributed by atoms with Gasteiger partial charge in [0, 0.05) is 51.9 Å². The van der Waals surface area contributed by atoms with Crippen molar-refractivity contribution in [3.8, 4) is 0 Å². The molecule has 1 N–H and O–H groups in total. The molecular formula is C13H23N5O. The van der Waals surface area contributed by atoms with Crippen LogP contribution in [0.25, 0.3) is 0 Å². The van der Waals surface area contributed by atoms with Gasteiger partial charge in [-0.1, -0.05) is 6.92 Å². The number of nitrogens with zero attached hydrogens (tertiary/aromatic N) is 4. The number of amides is 1. The van der Waals surface area contributed by atoms with Gasteiger partial charge < -0.3 is 15.1 Å². The molecule has 2 rings (SSSR count). The quantitative estimate of drug-likeness (QED) is 0.827. The van der Waals surface area contributed by atoms with Crippen LogP contribution in [0.1, 0.15) is 6.92 Å². The van der Waals surface area contributed by atoms with Gasteiger partial charge in [0.05, 0.1) is 11.9 Å². The first kappa shape index (κ1) is 13.9. The molecule has 0 bridgehead atoms. The summed E-state index contributed by atoms with van der Waals surface area (Å²) in [7, 11) is 3.80. The monoisotopic (exact) mass is 265 g/mol. The van der Waals surface area contributed by atoms with E-state index in [1.54, 1.807) is 0 Å². The van der Waals surface area contributed by atoms with Crippen molar-refractivity contribution in [1.29, 1.82) is 0 Å². The Morgan fingerprint density at radius 3 is 2.63 bits per heavy atom. The third-order valence-corrected chi connectivity index (χ3v) is 3.58. The van der Waals surface area contributed by atoms with Crippen molar-refractivity contribution in [2.75, 3.05) is 44.7 Å². The molecule has 1 atom stereocenters. The van der Waals surface area contributed by atoms with Crippen molar-refractivity contribution in [3.05, 3.63) is 12.4 Å². The highest BCUT2D eigenvalue weighted by atomic mass is 16.2. The molecular weight excluding hydrogens is 242 g/mol. The number of aromatic nitrogens is 2. The molecule has 1 aromatic heterocycles. The van der Waals surface area contributed by atoms with Gasteiger partial charge in [-0.25, -0.2) is 0 Å². The number of carbonyl (C=O) groups excluding carboxylic acids is 1. The van der Waals surface area contributed by atoms with Gasteiger partial charge in [0.25, 0.3) is 0 Å². The number of hydrogen-bond acceptors (Lipinski definition) is 4. The second-order valence-corrected chi connectivity index (χ2v) is 5.14. The van der Waals surface area contributed by atoms with E-state index >= 15 is 0 Å². The zero-order valence-corrected chi connectivity index (χ0v) is 12.0. The van der Waals surface area contributed by atoms with Crippen molar-refractivity contribution in [3.63, 3.8) is 0 Å². The van der Waals surface area contributed by atoms with E-state index in [9.17, 15) is 4.79 Å². The van der Waals surface area contributed by atoms with Crippen molar-refractivity contribution < 1.29 is 4.79 Å². The lowest BCUT2D eigenvalue weighted by molar-refractivity contribution is -0.135. The highest BCUT2D eigenvalue weighted by Gasteiger charge is 2.24. The third kappa shape index (κ3) is 3.26. The number of anilines is 1. The molecule has 0 aliphatic carbocycles. The number of aryl methyl sites for hydroxylation is 1. The first-order chi connectivity index (χ1) is 9.11. The first-order valence-electron chi connectivity index (χ1n) is 6.79. The van der Waals surface area contributed by atoms with E-state index in [1.807, 2.05) is 43.0 Å². The summed E-state index contributed by atoms with van der Waals surface area (Å²) in [6.07, 6.45) is 3.89. The molecule has 1 aromatic rings. The molecule has 0 aromatic carbocycles. The lowest BCUT2D eigenvalue weighted by Gasteiger charge is -2.36. The Hall–Kier alpha value is -1.56. The fraction of sp³-hybridized carbons (Fsp3) is 0.692. The Balaban J connectivity index is 1.87. The topological polar surface area (TPSA) is 53.4 Å². The zero-order chi connectivity index (χ0) is 13.8. The van der Waals surface area contributed by atoms with Gasteiger partial charge in [-0.2, -0.15) is 5.10 Å². The first-order valence-corrected chi connectivity index (χ1v) is 6.79. The van der Waals surface area contributed by atoms with Crippen LogP contribution in [0.5, 0.6) is 0 Å². The van der Waals surface area contributed by atoms with E-state index in [1.165, 1.54) is 0 Å². The minimum Gasteiger partial charge on any atom is -0.365 e. The predicted molar refractivity (Wildman–Crippen MR) is 75.1 cm³/mol. The second kappa shape index (κ2) is 6.06. The highest BCUT2D eigenvalue weighted by molar-refractivity contribution is 5.79. The maximum atomic E-state index is 12.2. The Morgan fingerprint density at radius 2 is 2.11 bits per heavy atom. The molecule has 6 heteroatoms. The largest absolute Gasteiger partial charge is 0.365 e. The van der Waals surface area contributed by atoms with Crippen LogP contribution < -0.4 is 10.2 Å². The standard InChI is InChI=1S/C13H23N5O/c1-11(8-14-2)13(19)18-6-4-17(5-7-18)12-9-15-16(3)10-12/h9-11,14H,4-8H2,1-3H3. The molecule has 1 amide bonds. The maximum Gasteiger partial charge on any atom is 0.226 e. The number of hydrogen-bond donors (Lipinski definition) is 1. The van der Waals surface area contributed by atoms with Crippen molar-refractivity contribution >= 4 is 11.6 Å². The molecule has 0 radical (unpaired) electrons. The van der Waals surface area contributed by atoms with E-state index in [0.717, 1.165) is 38.4 Å². The van der Waals surface area contributed by atoms with Crippen LogP contribution in [0.15, 0.2) is 12.4 Å². The SMILES string of the molecule is CNCC(C)C(=O)N1CCN(c2cnn(C)c2)CC1. The number of nitrogens with one attached hydrogen (secondary N) is 1. The number of rotatable bonds is 4. The molecule has 1 fully saturated rings. The minimum atomic E-state index is 0.0509. The van der Waals surface area contributed by atoms with Crippen LogP contribution in [0.2, 0.25) is 0 Å². The van der Waals surface area contributed by atoms with Gasteiger partial charge in [-0.05, 0) is 7.05 Å². The summed E-state index contributed by atoms with van der Waals surface area (Å²) < 4.78 is 1.81. The fourth-order valence-electron chi connectivity index (χ4n) is 2.46. The smallest absolute Gasteiger partial charge is 0.226 e. The van der Waals surface area contributed by atoms with E-state index in [2.05, 4.69) is 15.3 Å². The molecule has 1 saturated heterocycles. The lowest BCUT2D eigenvalue weighted by Crippen LogP contribution is -2.51. The van der Waals surface area contributed by atoms with Crippen LogP contribution in [0.4, 0.5) is 5.69 Å². The minimum absolute atomic E-state index is 0.0509. The summed E-state index contributed by atoms with van der Waals surface area (Å²) in [6.45, 7) is 6.06. The highest BCUT2D eigenvalue weighted by Crippen LogP contribution is 2.15. The summed E-state index contributed by atoms with van der Waals surface area (Å²) in [5.41, 5.74) is 1.14. The summed E-state index contributed by atoms with van der Waals surface area (Å²) in [4.78, 5) is 16.4. The summed E-state index contributed by atoms with van der Waals surface area (Å²) in [5.74, 6) is 0.301. The molecule has 0 spiro atoms. The Morgan fingerprint density at radius 1 is 1.42 bits per heavy atom. The van der Waals surface area contributed by atoms with E-state index < -0.39 is 0 Å². The summed E-state index contributed by atoms with van der Waals surface area (Å²) >= 11 is 0. The average molecular weight is 265 g/mol. The van der Waals surface area contributed by atoms with E-state index in [-0.39, 0.29) is 11.8 Å². The summed E-state index contributed by atoms with van der Waals surface area (Å²) in [5, 5.41) is 7.24. The van der Waals surface area contributed by atoms with Crippen molar-refractivity contribution in [2.45, 2.75) is 6.92 Å². The van der Waals surface area contributed by atoms with Gasteiger partial charge in [-0.3, -0.25) is 9.48 Å². The zero-order valence-electron chi connectivity index (χ0n) is 12.0. The molecule has 0 saturated carbocycles. The predicted octanol–water partition coefficient (Wildman–Crippen LogP) is -0.0758. The van der Waals surface area contributed by atoms with Crippen LogP contribution >= 0.6 is 0 Å².